The number of carbonyl (C=O) groups is 2. The van der Waals surface area contributed by atoms with Crippen LogP contribution < -0.4 is 19.5 Å². The lowest BCUT2D eigenvalue weighted by Gasteiger charge is -2.33. The number of rotatable bonds is 12. The molecule has 196 valence electrons. The number of para-hydroxylation sites is 1. The van der Waals surface area contributed by atoms with E-state index in [2.05, 4.69) is 5.32 Å². The van der Waals surface area contributed by atoms with Crippen LogP contribution in [-0.2, 0) is 16.1 Å². The summed E-state index contributed by atoms with van der Waals surface area (Å²) in [6.45, 7) is 2.74. The average molecular weight is 517 g/mol. The Morgan fingerprint density at radius 3 is 2.42 bits per heavy atom. The first-order valence-electron chi connectivity index (χ1n) is 12.6. The molecule has 1 N–H and O–H groups in total. The van der Waals surface area contributed by atoms with Crippen molar-refractivity contribution in [2.24, 2.45) is 0 Å². The number of alkyl halides is 1. The fraction of sp³-hybridized carbons (Fsp3) is 0.500. The number of methoxy groups -OCH3 is 2. The fourth-order valence-corrected chi connectivity index (χ4v) is 4.76. The van der Waals surface area contributed by atoms with Crippen molar-refractivity contribution in [3.05, 3.63) is 53.6 Å². The van der Waals surface area contributed by atoms with Crippen LogP contribution in [-0.4, -0.2) is 49.5 Å². The van der Waals surface area contributed by atoms with Crippen LogP contribution in [0.25, 0.3) is 0 Å². The molecule has 2 amide bonds. The van der Waals surface area contributed by atoms with Gasteiger partial charge in [-0.25, -0.2) is 0 Å². The summed E-state index contributed by atoms with van der Waals surface area (Å²) in [5.41, 5.74) is 1.40. The standard InChI is InChI=1S/C28H37ClN2O5/c1-4-16-36-24-15-14-20(17-25(24)35-3)27(28(33)30-22-11-6-5-7-12-22)31(26(32)18-29)19-21-10-8-9-13-23(21)34-2/h8-10,13-15,17,22,27H,4-7,11-12,16,18-19H2,1-3H3,(H,30,33)/t27-/m0/s1. The normalized spacial score (nSPS) is 14.6. The average Bonchev–Trinajstić information content (AvgIpc) is 2.92. The Labute approximate surface area is 219 Å². The van der Waals surface area contributed by atoms with E-state index in [4.69, 9.17) is 25.8 Å². The molecule has 0 spiro atoms. The molecule has 1 atom stereocenters. The lowest BCUT2D eigenvalue weighted by atomic mass is 9.94. The van der Waals surface area contributed by atoms with Crippen molar-refractivity contribution in [2.45, 2.75) is 64.1 Å². The van der Waals surface area contributed by atoms with E-state index in [-0.39, 0.29) is 30.3 Å². The van der Waals surface area contributed by atoms with Crippen LogP contribution >= 0.6 is 11.6 Å². The largest absolute Gasteiger partial charge is 0.496 e. The van der Waals surface area contributed by atoms with Gasteiger partial charge >= 0.3 is 0 Å². The summed E-state index contributed by atoms with van der Waals surface area (Å²) in [4.78, 5) is 28.5. The lowest BCUT2D eigenvalue weighted by Crippen LogP contribution is -2.47. The molecule has 1 aliphatic carbocycles. The van der Waals surface area contributed by atoms with Crippen LogP contribution in [0.3, 0.4) is 0 Å². The Balaban J connectivity index is 2.03. The smallest absolute Gasteiger partial charge is 0.247 e. The summed E-state index contributed by atoms with van der Waals surface area (Å²) in [5, 5.41) is 3.20. The van der Waals surface area contributed by atoms with E-state index in [1.807, 2.05) is 37.3 Å². The maximum atomic E-state index is 13.8. The fourth-order valence-electron chi connectivity index (χ4n) is 4.60. The molecule has 36 heavy (non-hydrogen) atoms. The molecule has 0 aliphatic heterocycles. The highest BCUT2D eigenvalue weighted by molar-refractivity contribution is 6.27. The zero-order chi connectivity index (χ0) is 25.9. The monoisotopic (exact) mass is 516 g/mol. The van der Waals surface area contributed by atoms with Crippen LogP contribution in [0.4, 0.5) is 0 Å². The number of amides is 2. The van der Waals surface area contributed by atoms with Crippen LogP contribution in [0, 0.1) is 0 Å². The zero-order valence-electron chi connectivity index (χ0n) is 21.4. The SMILES string of the molecule is CCCOc1ccc([C@@H](C(=O)NC2CCCCC2)N(Cc2ccccc2OC)C(=O)CCl)cc1OC. The van der Waals surface area contributed by atoms with Crippen molar-refractivity contribution < 1.29 is 23.8 Å². The van der Waals surface area contributed by atoms with Gasteiger partial charge in [-0.3, -0.25) is 9.59 Å². The molecule has 8 heteroatoms. The van der Waals surface area contributed by atoms with Gasteiger partial charge < -0.3 is 24.4 Å². The highest BCUT2D eigenvalue weighted by Gasteiger charge is 2.34. The highest BCUT2D eigenvalue weighted by atomic mass is 35.5. The number of nitrogens with zero attached hydrogens (tertiary/aromatic N) is 1. The Bertz CT molecular complexity index is 1010. The minimum atomic E-state index is -0.905. The summed E-state index contributed by atoms with van der Waals surface area (Å²) >= 11 is 6.06. The predicted octanol–water partition coefficient (Wildman–Crippen LogP) is 5.25. The van der Waals surface area contributed by atoms with Crippen molar-refractivity contribution in [1.82, 2.24) is 10.2 Å². The lowest BCUT2D eigenvalue weighted by molar-refractivity contribution is -0.140. The molecule has 0 bridgehead atoms. The quantitative estimate of drug-likeness (QED) is 0.390. The minimum Gasteiger partial charge on any atom is -0.496 e. The predicted molar refractivity (Wildman–Crippen MR) is 141 cm³/mol. The van der Waals surface area contributed by atoms with Gasteiger partial charge in [0.05, 0.1) is 27.4 Å². The summed E-state index contributed by atoms with van der Waals surface area (Å²) < 4.78 is 16.9. The van der Waals surface area contributed by atoms with Crippen LogP contribution in [0.15, 0.2) is 42.5 Å². The van der Waals surface area contributed by atoms with Crippen molar-refractivity contribution in [1.29, 1.82) is 0 Å². The van der Waals surface area contributed by atoms with Crippen molar-refractivity contribution in [3.63, 3.8) is 0 Å². The van der Waals surface area contributed by atoms with E-state index in [0.717, 1.165) is 37.7 Å². The number of halogens is 1. The minimum absolute atomic E-state index is 0.0852. The van der Waals surface area contributed by atoms with E-state index in [9.17, 15) is 9.59 Å². The maximum Gasteiger partial charge on any atom is 0.247 e. The third-order valence-corrected chi connectivity index (χ3v) is 6.67. The first-order valence-corrected chi connectivity index (χ1v) is 13.1. The molecule has 2 aromatic rings. The number of benzene rings is 2. The van der Waals surface area contributed by atoms with Gasteiger partial charge in [0.2, 0.25) is 11.8 Å². The van der Waals surface area contributed by atoms with E-state index in [1.165, 1.54) is 11.3 Å². The third kappa shape index (κ3) is 7.06. The van der Waals surface area contributed by atoms with E-state index in [1.54, 1.807) is 26.4 Å². The molecule has 7 nitrogen and oxygen atoms in total. The van der Waals surface area contributed by atoms with Crippen LogP contribution in [0.5, 0.6) is 17.2 Å². The maximum absolute atomic E-state index is 13.8. The molecule has 3 rings (SSSR count). The van der Waals surface area contributed by atoms with Gasteiger partial charge in [0.15, 0.2) is 11.5 Å². The van der Waals surface area contributed by atoms with E-state index in [0.29, 0.717) is 29.4 Å². The molecular weight excluding hydrogens is 480 g/mol. The van der Waals surface area contributed by atoms with Crippen molar-refractivity contribution >= 4 is 23.4 Å². The van der Waals surface area contributed by atoms with Gasteiger partial charge in [-0.1, -0.05) is 50.5 Å². The van der Waals surface area contributed by atoms with Crippen molar-refractivity contribution in [3.8, 4) is 17.2 Å². The van der Waals surface area contributed by atoms with Gasteiger partial charge in [-0.15, -0.1) is 11.6 Å². The summed E-state index contributed by atoms with van der Waals surface area (Å²) in [5.74, 6) is 0.895. The molecule has 1 aliphatic rings. The summed E-state index contributed by atoms with van der Waals surface area (Å²) in [6.07, 6.45) is 6.06. The Hall–Kier alpha value is -2.93. The van der Waals surface area contributed by atoms with Gasteiger partial charge in [0.25, 0.3) is 0 Å². The topological polar surface area (TPSA) is 77.1 Å². The van der Waals surface area contributed by atoms with Gasteiger partial charge in [-0.2, -0.15) is 0 Å². The molecule has 0 aromatic heterocycles. The summed E-state index contributed by atoms with van der Waals surface area (Å²) in [7, 11) is 3.14. The van der Waals surface area contributed by atoms with Crippen molar-refractivity contribution in [2.75, 3.05) is 26.7 Å². The Morgan fingerprint density at radius 1 is 1.03 bits per heavy atom. The number of carbonyl (C=O) groups excluding carboxylic acids is 2. The second kappa shape index (κ2) is 14.0. The number of nitrogens with one attached hydrogen (secondary N) is 1. The number of hydrogen-bond acceptors (Lipinski definition) is 5. The number of ether oxygens (including phenoxy) is 3. The van der Waals surface area contributed by atoms with Crippen LogP contribution in [0.2, 0.25) is 0 Å². The Kier molecular flexibility index (Phi) is 10.7. The first kappa shape index (κ1) is 27.7. The van der Waals surface area contributed by atoms with E-state index < -0.39 is 6.04 Å². The number of hydrogen-bond donors (Lipinski definition) is 1. The van der Waals surface area contributed by atoms with Gasteiger partial charge in [-0.05, 0) is 43.0 Å². The second-order valence-electron chi connectivity index (χ2n) is 8.97. The van der Waals surface area contributed by atoms with Crippen LogP contribution in [0.1, 0.15) is 62.6 Å². The van der Waals surface area contributed by atoms with Gasteiger partial charge in [0, 0.05) is 11.6 Å². The molecular formula is C28H37ClN2O5. The summed E-state index contributed by atoms with van der Waals surface area (Å²) in [6, 6.07) is 12.0. The zero-order valence-corrected chi connectivity index (χ0v) is 22.2. The molecule has 0 saturated heterocycles. The molecule has 0 unspecified atom stereocenters. The first-order chi connectivity index (χ1) is 17.5. The van der Waals surface area contributed by atoms with E-state index >= 15 is 0 Å². The third-order valence-electron chi connectivity index (χ3n) is 6.44. The highest BCUT2D eigenvalue weighted by Crippen LogP contribution is 2.34. The molecule has 2 aromatic carbocycles. The molecule has 1 saturated carbocycles. The Morgan fingerprint density at radius 2 is 1.75 bits per heavy atom. The molecule has 0 heterocycles. The van der Waals surface area contributed by atoms with Gasteiger partial charge in [0.1, 0.15) is 17.7 Å². The molecule has 1 fully saturated rings. The molecule has 0 radical (unpaired) electrons. The second-order valence-corrected chi connectivity index (χ2v) is 9.24.